The lowest BCUT2D eigenvalue weighted by Gasteiger charge is -2.09. The van der Waals surface area contributed by atoms with E-state index < -0.39 is 16.7 Å². The van der Waals surface area contributed by atoms with E-state index in [9.17, 15) is 8.78 Å². The number of hydrogen-bond acceptors (Lipinski definition) is 2. The summed E-state index contributed by atoms with van der Waals surface area (Å²) in [4.78, 5) is 8.99. The molecule has 0 unspecified atom stereocenters. The number of benzene rings is 3. The first-order chi connectivity index (χ1) is 16.9. The number of nitrogens with zero attached hydrogens (tertiary/aromatic N) is 2. The van der Waals surface area contributed by atoms with Gasteiger partial charge < -0.3 is 0 Å². The molecule has 0 fully saturated rings. The molecule has 0 saturated heterocycles. The van der Waals surface area contributed by atoms with Crippen LogP contribution in [0.15, 0.2) is 54.9 Å². The highest BCUT2D eigenvalue weighted by Gasteiger charge is 2.12. The normalized spacial score (nSPS) is 11.3. The van der Waals surface area contributed by atoms with Gasteiger partial charge in [-0.05, 0) is 71.9 Å². The van der Waals surface area contributed by atoms with Crippen LogP contribution in [0.3, 0.4) is 0 Å². The fraction of sp³-hybridized carbons (Fsp3) is 0.310. The molecule has 0 aliphatic carbocycles. The van der Waals surface area contributed by atoms with E-state index in [0.29, 0.717) is 29.4 Å². The van der Waals surface area contributed by atoms with Crippen molar-refractivity contribution in [2.45, 2.75) is 58.3 Å². The predicted molar refractivity (Wildman–Crippen MR) is 135 cm³/mol. The van der Waals surface area contributed by atoms with Crippen molar-refractivity contribution in [3.8, 4) is 0 Å². The zero-order valence-electron chi connectivity index (χ0n) is 19.8. The van der Waals surface area contributed by atoms with Crippen LogP contribution in [0, 0.1) is 17.5 Å². The van der Waals surface area contributed by atoms with Gasteiger partial charge in [0.1, 0.15) is 28.3 Å². The molecule has 0 atom stereocenters. The van der Waals surface area contributed by atoms with E-state index in [1.165, 1.54) is 30.5 Å². The van der Waals surface area contributed by atoms with Gasteiger partial charge >= 0.3 is 0 Å². The Morgan fingerprint density at radius 2 is 1.43 bits per heavy atom. The van der Waals surface area contributed by atoms with E-state index in [1.54, 1.807) is 12.1 Å². The molecule has 0 aliphatic heterocycles. The predicted octanol–water partition coefficient (Wildman–Crippen LogP) is 8.00. The number of hydrogen-bond donors (Lipinski definition) is 0. The van der Waals surface area contributed by atoms with E-state index in [-0.39, 0.29) is 5.82 Å². The molecule has 4 rings (SSSR count). The minimum absolute atomic E-state index is 0.300. The van der Waals surface area contributed by atoms with Crippen molar-refractivity contribution in [1.82, 2.24) is 9.97 Å². The lowest BCUT2D eigenvalue weighted by Crippen LogP contribution is -2.00. The van der Waals surface area contributed by atoms with Gasteiger partial charge in [-0.3, -0.25) is 0 Å². The highest BCUT2D eigenvalue weighted by Crippen LogP contribution is 2.25. The molecule has 0 bridgehead atoms. The molecule has 2 nitrogen and oxygen atoms in total. The minimum Gasteiger partial charge on any atom is -0.241 e. The Bertz CT molecular complexity index is 1280. The molecule has 0 spiro atoms. The molecule has 6 heteroatoms. The summed E-state index contributed by atoms with van der Waals surface area (Å²) in [5, 5.41) is 0.833. The molecule has 4 aromatic rings. The van der Waals surface area contributed by atoms with Crippen molar-refractivity contribution in [2.24, 2.45) is 0 Å². The fourth-order valence-corrected chi connectivity index (χ4v) is 4.35. The Balaban J connectivity index is 1.39. The Hall–Kier alpha value is -2.92. The van der Waals surface area contributed by atoms with Crippen molar-refractivity contribution in [2.75, 3.05) is 0 Å². The van der Waals surface area contributed by atoms with Crippen molar-refractivity contribution >= 4 is 22.4 Å². The van der Waals surface area contributed by atoms with Gasteiger partial charge in [0.25, 0.3) is 0 Å². The van der Waals surface area contributed by atoms with Crippen LogP contribution >= 0.6 is 11.6 Å². The van der Waals surface area contributed by atoms with E-state index in [2.05, 4.69) is 16.9 Å². The van der Waals surface area contributed by atoms with Crippen molar-refractivity contribution in [1.29, 1.82) is 0 Å². The summed E-state index contributed by atoms with van der Waals surface area (Å²) in [5.74, 6) is -1.10. The number of aromatic nitrogens is 2. The summed E-state index contributed by atoms with van der Waals surface area (Å²) in [7, 11) is 0. The Kier molecular flexibility index (Phi) is 8.40. The minimum atomic E-state index is -0.804. The SMILES string of the molecule is CCCCCc1cnc(CCc2ccc3c(F)c(CCc4cc(F)c(Cl)c(F)c4)ccc3c2)nc1. The number of fused-ring (bicyclic) bond motifs is 1. The fourth-order valence-electron chi connectivity index (χ4n) is 4.24. The average Bonchev–Trinajstić information content (AvgIpc) is 2.86. The number of unbranched alkanes of at least 4 members (excludes halogenated alkanes) is 2. The highest BCUT2D eigenvalue weighted by molar-refractivity contribution is 6.30. The third-order valence-corrected chi connectivity index (χ3v) is 6.65. The van der Waals surface area contributed by atoms with Gasteiger partial charge in [-0.15, -0.1) is 0 Å². The van der Waals surface area contributed by atoms with Gasteiger partial charge in [0, 0.05) is 24.2 Å². The molecule has 0 amide bonds. The third-order valence-electron chi connectivity index (χ3n) is 6.29. The molecule has 0 radical (unpaired) electrons. The maximum atomic E-state index is 15.1. The lowest BCUT2D eigenvalue weighted by atomic mass is 9.98. The van der Waals surface area contributed by atoms with Crippen LogP contribution < -0.4 is 0 Å². The van der Waals surface area contributed by atoms with Crippen LogP contribution in [0.4, 0.5) is 13.2 Å². The van der Waals surface area contributed by atoms with Gasteiger partial charge in [0.05, 0.1) is 0 Å². The summed E-state index contributed by atoms with van der Waals surface area (Å²) < 4.78 is 42.5. The molecule has 35 heavy (non-hydrogen) atoms. The highest BCUT2D eigenvalue weighted by atomic mass is 35.5. The summed E-state index contributed by atoms with van der Waals surface area (Å²) in [6, 6.07) is 11.7. The second-order valence-electron chi connectivity index (χ2n) is 8.93. The maximum absolute atomic E-state index is 15.1. The van der Waals surface area contributed by atoms with Gasteiger partial charge in [0.15, 0.2) is 0 Å². The van der Waals surface area contributed by atoms with E-state index >= 15 is 4.39 Å². The first-order valence-electron chi connectivity index (χ1n) is 12.1. The monoisotopic (exact) mass is 496 g/mol. The van der Waals surface area contributed by atoms with E-state index in [0.717, 1.165) is 42.5 Å². The standard InChI is InChI=1S/C29H28ClF3N2/c1-2-3-4-5-21-17-34-27(35-18-21)13-8-19-7-12-24-23(14-19)11-10-22(29(24)33)9-6-20-15-25(31)28(30)26(32)16-20/h7,10-12,14-18H,2-6,8-9,13H2,1H3. The number of aryl methyl sites for hydroxylation is 5. The first-order valence-corrected chi connectivity index (χ1v) is 12.5. The molecule has 3 aromatic carbocycles. The average molecular weight is 497 g/mol. The summed E-state index contributed by atoms with van der Waals surface area (Å²) in [6.07, 6.45) is 10.5. The van der Waals surface area contributed by atoms with Crippen molar-refractivity contribution < 1.29 is 13.2 Å². The quantitative estimate of drug-likeness (QED) is 0.164. The molecule has 1 heterocycles. The first kappa shape index (κ1) is 25.2. The topological polar surface area (TPSA) is 25.8 Å². The zero-order chi connectivity index (χ0) is 24.8. The molecular weight excluding hydrogens is 469 g/mol. The molecule has 0 aliphatic rings. The number of rotatable bonds is 10. The summed E-state index contributed by atoms with van der Waals surface area (Å²) >= 11 is 5.54. The van der Waals surface area contributed by atoms with Crippen LogP contribution in [-0.4, -0.2) is 9.97 Å². The van der Waals surface area contributed by atoms with Gasteiger partial charge in [-0.25, -0.2) is 23.1 Å². The molecule has 1 aromatic heterocycles. The lowest BCUT2D eigenvalue weighted by molar-refractivity contribution is 0.579. The molecule has 182 valence electrons. The largest absolute Gasteiger partial charge is 0.241 e. The maximum Gasteiger partial charge on any atom is 0.145 e. The van der Waals surface area contributed by atoms with Gasteiger partial charge in [-0.2, -0.15) is 0 Å². The molecule has 0 N–H and O–H groups in total. The smallest absolute Gasteiger partial charge is 0.145 e. The second kappa shape index (κ2) is 11.7. The Morgan fingerprint density at radius 1 is 0.714 bits per heavy atom. The van der Waals surface area contributed by atoms with E-state index in [4.69, 9.17) is 11.6 Å². The van der Waals surface area contributed by atoms with Gasteiger partial charge in [0.2, 0.25) is 0 Å². The Morgan fingerprint density at radius 3 is 2.14 bits per heavy atom. The van der Waals surface area contributed by atoms with E-state index in [1.807, 2.05) is 30.6 Å². The van der Waals surface area contributed by atoms with Crippen LogP contribution in [0.1, 0.15) is 54.3 Å². The van der Waals surface area contributed by atoms with Crippen LogP contribution in [-0.2, 0) is 32.1 Å². The van der Waals surface area contributed by atoms with Crippen molar-refractivity contribution in [3.05, 3.63) is 105 Å². The van der Waals surface area contributed by atoms with Gasteiger partial charge in [-0.1, -0.05) is 61.7 Å². The van der Waals surface area contributed by atoms with Crippen molar-refractivity contribution in [3.63, 3.8) is 0 Å². The van der Waals surface area contributed by atoms with Crippen LogP contribution in [0.2, 0.25) is 5.02 Å². The third kappa shape index (κ3) is 6.40. The summed E-state index contributed by atoms with van der Waals surface area (Å²) in [6.45, 7) is 2.19. The van der Waals surface area contributed by atoms with Crippen LogP contribution in [0.5, 0.6) is 0 Å². The second-order valence-corrected chi connectivity index (χ2v) is 9.31. The Labute approximate surface area is 209 Å². The summed E-state index contributed by atoms with van der Waals surface area (Å²) in [5.41, 5.74) is 3.21. The number of halogens is 4. The molecular formula is C29H28ClF3N2. The molecule has 0 saturated carbocycles. The van der Waals surface area contributed by atoms with Crippen LogP contribution in [0.25, 0.3) is 10.8 Å². The zero-order valence-corrected chi connectivity index (χ0v) is 20.5.